The summed E-state index contributed by atoms with van der Waals surface area (Å²) in [5, 5.41) is 20.5. The van der Waals surface area contributed by atoms with Crippen LogP contribution < -0.4 is 4.90 Å². The Morgan fingerprint density at radius 2 is 2.32 bits per heavy atom. The number of aliphatic carboxylic acids is 1. The molecule has 7 nitrogen and oxygen atoms in total. The lowest BCUT2D eigenvalue weighted by atomic mass is 9.99. The van der Waals surface area contributed by atoms with Gasteiger partial charge in [-0.25, -0.2) is 4.79 Å². The van der Waals surface area contributed by atoms with Crippen LogP contribution in [-0.2, 0) is 4.79 Å². The summed E-state index contributed by atoms with van der Waals surface area (Å²) < 4.78 is 0.427. The Morgan fingerprint density at radius 3 is 2.89 bits per heavy atom. The number of carboxylic acid groups (broad SMARTS) is 1. The third-order valence-corrected chi connectivity index (χ3v) is 4.00. The van der Waals surface area contributed by atoms with Crippen LogP contribution in [0.4, 0.5) is 11.4 Å². The first-order valence-electron chi connectivity index (χ1n) is 5.67. The van der Waals surface area contributed by atoms with E-state index in [1.807, 2.05) is 0 Å². The third-order valence-electron chi connectivity index (χ3n) is 3.42. The number of halogens is 1. The quantitative estimate of drug-likeness (QED) is 0.674. The number of nitrogens with zero attached hydrogens (tertiary/aromatic N) is 3. The first-order valence-corrected chi connectivity index (χ1v) is 6.46. The van der Waals surface area contributed by atoms with Gasteiger partial charge in [0.15, 0.2) is 0 Å². The van der Waals surface area contributed by atoms with Gasteiger partial charge in [0.2, 0.25) is 0 Å². The lowest BCUT2D eigenvalue weighted by molar-refractivity contribution is -0.384. The number of carboxylic acids is 1. The molecule has 1 aliphatic rings. The molecule has 0 bridgehead atoms. The highest BCUT2D eigenvalue weighted by molar-refractivity contribution is 9.10. The Hall–Kier alpha value is -1.70. The number of anilines is 1. The van der Waals surface area contributed by atoms with E-state index in [2.05, 4.69) is 20.9 Å². The van der Waals surface area contributed by atoms with Gasteiger partial charge in [-0.3, -0.25) is 15.1 Å². The second kappa shape index (κ2) is 4.76. The van der Waals surface area contributed by atoms with E-state index in [9.17, 15) is 20.0 Å². The summed E-state index contributed by atoms with van der Waals surface area (Å²) in [7, 11) is 0. The maximum Gasteiger partial charge on any atom is 0.329 e. The molecule has 0 aromatic carbocycles. The molecule has 1 aromatic rings. The van der Waals surface area contributed by atoms with Crippen LogP contribution in [-0.4, -0.2) is 33.1 Å². The van der Waals surface area contributed by atoms with Gasteiger partial charge in [0, 0.05) is 12.7 Å². The number of aromatic nitrogens is 1. The van der Waals surface area contributed by atoms with Crippen LogP contribution in [0.1, 0.15) is 19.8 Å². The fourth-order valence-corrected chi connectivity index (χ4v) is 2.90. The lowest BCUT2D eigenvalue weighted by Gasteiger charge is -2.33. The molecule has 0 saturated carbocycles. The summed E-state index contributed by atoms with van der Waals surface area (Å²) in [6, 6.07) is 0. The van der Waals surface area contributed by atoms with E-state index in [1.165, 1.54) is 6.20 Å². The van der Waals surface area contributed by atoms with Crippen LogP contribution in [0.25, 0.3) is 0 Å². The summed E-state index contributed by atoms with van der Waals surface area (Å²) >= 11 is 3.22. The molecule has 19 heavy (non-hydrogen) atoms. The molecule has 1 unspecified atom stereocenters. The van der Waals surface area contributed by atoms with Gasteiger partial charge < -0.3 is 10.0 Å². The van der Waals surface area contributed by atoms with E-state index in [-0.39, 0.29) is 11.4 Å². The molecule has 1 fully saturated rings. The zero-order chi connectivity index (χ0) is 14.2. The van der Waals surface area contributed by atoms with Crippen molar-refractivity contribution in [3.63, 3.8) is 0 Å². The largest absolute Gasteiger partial charge is 0.480 e. The van der Waals surface area contributed by atoms with Gasteiger partial charge in [-0.2, -0.15) is 0 Å². The standard InChI is InChI=1S/C11H12BrN3O4/c1-11(10(16)17)3-2-4-14(11)9-7(12)5-13-6-8(9)15(18)19/h5-6H,2-4H2,1H3,(H,16,17). The number of nitro groups is 1. The molecule has 2 rings (SSSR count). The Labute approximate surface area is 117 Å². The van der Waals surface area contributed by atoms with Crippen molar-refractivity contribution in [1.29, 1.82) is 0 Å². The summed E-state index contributed by atoms with van der Waals surface area (Å²) in [6.07, 6.45) is 3.70. The Kier molecular flexibility index (Phi) is 3.44. The van der Waals surface area contributed by atoms with E-state index in [1.54, 1.807) is 11.8 Å². The van der Waals surface area contributed by atoms with Gasteiger partial charge in [-0.05, 0) is 35.7 Å². The Morgan fingerprint density at radius 1 is 1.63 bits per heavy atom. The Bertz CT molecular complexity index is 551. The molecule has 0 aliphatic carbocycles. The van der Waals surface area contributed by atoms with Gasteiger partial charge in [0.05, 0.1) is 9.40 Å². The van der Waals surface area contributed by atoms with Crippen LogP contribution in [0.3, 0.4) is 0 Å². The molecule has 2 heterocycles. The molecule has 1 saturated heterocycles. The van der Waals surface area contributed by atoms with Crippen molar-refractivity contribution in [3.8, 4) is 0 Å². The highest BCUT2D eigenvalue weighted by Crippen LogP contribution is 2.42. The predicted molar refractivity (Wildman–Crippen MR) is 71.2 cm³/mol. The van der Waals surface area contributed by atoms with Crippen molar-refractivity contribution in [2.45, 2.75) is 25.3 Å². The minimum Gasteiger partial charge on any atom is -0.480 e. The fourth-order valence-electron chi connectivity index (χ4n) is 2.36. The second-order valence-corrected chi connectivity index (χ2v) is 5.43. The van der Waals surface area contributed by atoms with Crippen LogP contribution in [0, 0.1) is 10.1 Å². The van der Waals surface area contributed by atoms with E-state index in [4.69, 9.17) is 0 Å². The third kappa shape index (κ3) is 2.16. The highest BCUT2D eigenvalue weighted by atomic mass is 79.9. The number of hydrogen-bond acceptors (Lipinski definition) is 5. The zero-order valence-electron chi connectivity index (χ0n) is 10.2. The predicted octanol–water partition coefficient (Wildman–Crippen LogP) is 2.20. The van der Waals surface area contributed by atoms with Gasteiger partial charge in [-0.15, -0.1) is 0 Å². The van der Waals surface area contributed by atoms with E-state index in [0.29, 0.717) is 23.9 Å². The monoisotopic (exact) mass is 329 g/mol. The zero-order valence-corrected chi connectivity index (χ0v) is 11.8. The smallest absolute Gasteiger partial charge is 0.329 e. The molecule has 0 amide bonds. The average molecular weight is 330 g/mol. The molecule has 1 aliphatic heterocycles. The van der Waals surface area contributed by atoms with Crippen LogP contribution in [0.15, 0.2) is 16.9 Å². The van der Waals surface area contributed by atoms with Crippen molar-refractivity contribution in [2.24, 2.45) is 0 Å². The van der Waals surface area contributed by atoms with Crippen LogP contribution in [0.2, 0.25) is 0 Å². The molecule has 102 valence electrons. The van der Waals surface area contributed by atoms with Crippen molar-refractivity contribution < 1.29 is 14.8 Å². The molecule has 0 radical (unpaired) electrons. The van der Waals surface area contributed by atoms with Gasteiger partial charge in [0.1, 0.15) is 17.4 Å². The highest BCUT2D eigenvalue weighted by Gasteiger charge is 2.46. The molecular weight excluding hydrogens is 318 g/mol. The molecular formula is C11H12BrN3O4. The topological polar surface area (TPSA) is 96.6 Å². The minimum absolute atomic E-state index is 0.191. The normalized spacial score (nSPS) is 22.5. The first kappa shape index (κ1) is 13.7. The van der Waals surface area contributed by atoms with E-state index in [0.717, 1.165) is 6.20 Å². The van der Waals surface area contributed by atoms with Crippen molar-refractivity contribution in [2.75, 3.05) is 11.4 Å². The summed E-state index contributed by atoms with van der Waals surface area (Å²) in [6.45, 7) is 2.05. The van der Waals surface area contributed by atoms with E-state index < -0.39 is 16.4 Å². The summed E-state index contributed by atoms with van der Waals surface area (Å²) in [4.78, 5) is 27.3. The fraction of sp³-hybridized carbons (Fsp3) is 0.455. The molecule has 1 aromatic heterocycles. The maximum atomic E-state index is 11.5. The van der Waals surface area contributed by atoms with Crippen LogP contribution in [0.5, 0.6) is 0 Å². The number of hydrogen-bond donors (Lipinski definition) is 1. The molecule has 8 heteroatoms. The molecule has 1 N–H and O–H groups in total. The average Bonchev–Trinajstić information content (AvgIpc) is 2.72. The summed E-state index contributed by atoms with van der Waals surface area (Å²) in [5.74, 6) is -0.983. The first-order chi connectivity index (χ1) is 8.88. The minimum atomic E-state index is -1.13. The second-order valence-electron chi connectivity index (χ2n) is 4.58. The van der Waals surface area contributed by atoms with Gasteiger partial charge >= 0.3 is 11.7 Å². The number of pyridine rings is 1. The SMILES string of the molecule is CC1(C(=O)O)CCCN1c1c(Br)cncc1[N+](=O)[O-]. The lowest BCUT2D eigenvalue weighted by Crippen LogP contribution is -2.48. The van der Waals surface area contributed by atoms with Crippen LogP contribution >= 0.6 is 15.9 Å². The van der Waals surface area contributed by atoms with E-state index >= 15 is 0 Å². The number of rotatable bonds is 3. The van der Waals surface area contributed by atoms with Crippen molar-refractivity contribution >= 4 is 33.3 Å². The van der Waals surface area contributed by atoms with Gasteiger partial charge in [-0.1, -0.05) is 0 Å². The molecule has 0 spiro atoms. The van der Waals surface area contributed by atoms with Crippen molar-refractivity contribution in [3.05, 3.63) is 27.0 Å². The Balaban J connectivity index is 2.59. The van der Waals surface area contributed by atoms with Crippen molar-refractivity contribution in [1.82, 2.24) is 4.98 Å². The number of carbonyl (C=O) groups is 1. The summed E-state index contributed by atoms with van der Waals surface area (Å²) in [5.41, 5.74) is -1.04. The van der Waals surface area contributed by atoms with Gasteiger partial charge in [0.25, 0.3) is 0 Å². The maximum absolute atomic E-state index is 11.5. The molecule has 1 atom stereocenters.